The van der Waals surface area contributed by atoms with Crippen molar-refractivity contribution in [2.45, 2.75) is 20.4 Å². The maximum atomic E-state index is 13.3. The molecule has 0 aliphatic rings. The molecule has 0 spiro atoms. The van der Waals surface area contributed by atoms with E-state index in [4.69, 9.17) is 0 Å². The van der Waals surface area contributed by atoms with Gasteiger partial charge in [-0.25, -0.2) is 14.4 Å². The highest BCUT2D eigenvalue weighted by Crippen LogP contribution is 2.16. The van der Waals surface area contributed by atoms with Gasteiger partial charge in [0.2, 0.25) is 5.95 Å². The summed E-state index contributed by atoms with van der Waals surface area (Å²) < 4.78 is 13.3. The number of benzene rings is 2. The minimum atomic E-state index is -0.410. The van der Waals surface area contributed by atoms with Crippen LogP contribution in [0.4, 0.5) is 16.0 Å². The Hall–Kier alpha value is -3.28. The summed E-state index contributed by atoms with van der Waals surface area (Å²) >= 11 is 0. The molecule has 5 nitrogen and oxygen atoms in total. The Morgan fingerprint density at radius 1 is 1.07 bits per heavy atom. The zero-order valence-electron chi connectivity index (χ0n) is 15.3. The van der Waals surface area contributed by atoms with E-state index in [0.717, 1.165) is 5.56 Å². The van der Waals surface area contributed by atoms with Crippen molar-refractivity contribution < 1.29 is 9.18 Å². The molecular weight excluding hydrogens is 343 g/mol. The predicted molar refractivity (Wildman–Crippen MR) is 104 cm³/mol. The first-order chi connectivity index (χ1) is 13.0. The molecule has 0 fully saturated rings. The molecule has 138 valence electrons. The zero-order valence-corrected chi connectivity index (χ0v) is 15.3. The first-order valence-corrected chi connectivity index (χ1v) is 8.76. The number of hydrogen-bond donors (Lipinski definition) is 1. The molecule has 0 aliphatic heterocycles. The third kappa shape index (κ3) is 4.88. The van der Waals surface area contributed by atoms with E-state index in [-0.39, 0.29) is 5.69 Å². The van der Waals surface area contributed by atoms with Crippen molar-refractivity contribution in [1.29, 1.82) is 0 Å². The van der Waals surface area contributed by atoms with Gasteiger partial charge in [0.25, 0.3) is 5.91 Å². The Morgan fingerprint density at radius 2 is 1.85 bits per heavy atom. The third-order valence-electron chi connectivity index (χ3n) is 4.04. The van der Waals surface area contributed by atoms with Gasteiger partial charge in [-0.05, 0) is 43.7 Å². The fourth-order valence-electron chi connectivity index (χ4n) is 2.70. The highest BCUT2D eigenvalue weighted by Gasteiger charge is 2.15. The minimum absolute atomic E-state index is 0.244. The van der Waals surface area contributed by atoms with Crippen molar-refractivity contribution >= 4 is 17.5 Å². The molecular formula is C21H21FN4O. The summed E-state index contributed by atoms with van der Waals surface area (Å²) in [6.45, 7) is 5.18. The molecule has 27 heavy (non-hydrogen) atoms. The first kappa shape index (κ1) is 18.5. The standard InChI is InChI=1S/C21H21FN4O/c1-3-26(14-16-8-5-4-6-9-16)21-23-15(2)12-19(25-21)20(27)24-18-11-7-10-17(22)13-18/h4-13H,3,14H2,1-2H3,(H,24,27). The summed E-state index contributed by atoms with van der Waals surface area (Å²) in [5, 5.41) is 2.67. The van der Waals surface area contributed by atoms with Crippen LogP contribution in [0, 0.1) is 12.7 Å². The van der Waals surface area contributed by atoms with Crippen molar-refractivity contribution in [3.05, 3.63) is 83.4 Å². The van der Waals surface area contributed by atoms with Crippen LogP contribution in [0.1, 0.15) is 28.7 Å². The second-order valence-corrected chi connectivity index (χ2v) is 6.16. The number of amides is 1. The van der Waals surface area contributed by atoms with E-state index in [9.17, 15) is 9.18 Å². The number of hydrogen-bond acceptors (Lipinski definition) is 4. The van der Waals surface area contributed by atoms with E-state index in [2.05, 4.69) is 15.3 Å². The molecule has 6 heteroatoms. The molecule has 3 aromatic rings. The Bertz CT molecular complexity index is 930. The van der Waals surface area contributed by atoms with E-state index in [1.54, 1.807) is 18.2 Å². The van der Waals surface area contributed by atoms with E-state index in [1.165, 1.54) is 12.1 Å². The lowest BCUT2D eigenvalue weighted by atomic mass is 10.2. The van der Waals surface area contributed by atoms with E-state index < -0.39 is 11.7 Å². The van der Waals surface area contributed by atoms with Gasteiger partial charge in [0, 0.05) is 24.5 Å². The maximum absolute atomic E-state index is 13.3. The second kappa shape index (κ2) is 8.40. The maximum Gasteiger partial charge on any atom is 0.274 e. The molecule has 0 atom stereocenters. The molecule has 2 aromatic carbocycles. The van der Waals surface area contributed by atoms with Crippen LogP contribution in [0.15, 0.2) is 60.7 Å². The molecule has 0 radical (unpaired) electrons. The van der Waals surface area contributed by atoms with Gasteiger partial charge in [0.15, 0.2) is 0 Å². The van der Waals surface area contributed by atoms with Crippen molar-refractivity contribution in [3.63, 3.8) is 0 Å². The number of aromatic nitrogens is 2. The van der Waals surface area contributed by atoms with Crippen LogP contribution < -0.4 is 10.2 Å². The minimum Gasteiger partial charge on any atom is -0.337 e. The first-order valence-electron chi connectivity index (χ1n) is 8.76. The third-order valence-corrected chi connectivity index (χ3v) is 4.04. The Kier molecular flexibility index (Phi) is 5.76. The summed E-state index contributed by atoms with van der Waals surface area (Å²) in [5.41, 5.74) is 2.45. The van der Waals surface area contributed by atoms with Crippen molar-refractivity contribution in [2.75, 3.05) is 16.8 Å². The van der Waals surface area contributed by atoms with Crippen LogP contribution in [0.2, 0.25) is 0 Å². The Labute approximate surface area is 157 Å². The molecule has 0 aliphatic carbocycles. The van der Waals surface area contributed by atoms with Gasteiger partial charge in [-0.3, -0.25) is 4.79 Å². The molecule has 1 N–H and O–H groups in total. The Morgan fingerprint density at radius 3 is 2.56 bits per heavy atom. The van der Waals surface area contributed by atoms with Gasteiger partial charge in [-0.1, -0.05) is 36.4 Å². The number of halogens is 1. The summed E-state index contributed by atoms with van der Waals surface area (Å²) in [6.07, 6.45) is 0. The number of anilines is 2. The Balaban J connectivity index is 1.83. The molecule has 0 saturated carbocycles. The second-order valence-electron chi connectivity index (χ2n) is 6.16. The van der Waals surface area contributed by atoms with Gasteiger partial charge in [0.1, 0.15) is 11.5 Å². The van der Waals surface area contributed by atoms with Gasteiger partial charge in [-0.15, -0.1) is 0 Å². The largest absolute Gasteiger partial charge is 0.337 e. The fourth-order valence-corrected chi connectivity index (χ4v) is 2.70. The van der Waals surface area contributed by atoms with E-state index in [0.29, 0.717) is 30.4 Å². The van der Waals surface area contributed by atoms with Gasteiger partial charge in [-0.2, -0.15) is 0 Å². The van der Waals surface area contributed by atoms with Crippen LogP contribution in [0.25, 0.3) is 0 Å². The average molecular weight is 364 g/mol. The van der Waals surface area contributed by atoms with Crippen molar-refractivity contribution in [1.82, 2.24) is 9.97 Å². The number of nitrogens with zero attached hydrogens (tertiary/aromatic N) is 3. The van der Waals surface area contributed by atoms with Crippen LogP contribution >= 0.6 is 0 Å². The van der Waals surface area contributed by atoms with Gasteiger partial charge >= 0.3 is 0 Å². The smallest absolute Gasteiger partial charge is 0.274 e. The van der Waals surface area contributed by atoms with Gasteiger partial charge in [0.05, 0.1) is 0 Å². The molecule has 0 bridgehead atoms. The lowest BCUT2D eigenvalue weighted by molar-refractivity contribution is 0.102. The number of rotatable bonds is 6. The van der Waals surface area contributed by atoms with Crippen LogP contribution in [0.5, 0.6) is 0 Å². The summed E-state index contributed by atoms with van der Waals surface area (Å²) in [7, 11) is 0. The number of carbonyl (C=O) groups is 1. The normalized spacial score (nSPS) is 10.5. The number of nitrogens with one attached hydrogen (secondary N) is 1. The van der Waals surface area contributed by atoms with Crippen LogP contribution in [0.3, 0.4) is 0 Å². The summed E-state index contributed by atoms with van der Waals surface area (Å²) in [6, 6.07) is 17.4. The monoisotopic (exact) mass is 364 g/mol. The lowest BCUT2D eigenvalue weighted by Crippen LogP contribution is -2.26. The van der Waals surface area contributed by atoms with Crippen molar-refractivity contribution in [3.8, 4) is 0 Å². The summed E-state index contributed by atoms with van der Waals surface area (Å²) in [5.74, 6) is -0.318. The predicted octanol–water partition coefficient (Wildman–Crippen LogP) is 4.20. The lowest BCUT2D eigenvalue weighted by Gasteiger charge is -2.21. The summed E-state index contributed by atoms with van der Waals surface area (Å²) in [4.78, 5) is 23.5. The highest BCUT2D eigenvalue weighted by atomic mass is 19.1. The van der Waals surface area contributed by atoms with E-state index in [1.807, 2.05) is 49.1 Å². The van der Waals surface area contributed by atoms with E-state index >= 15 is 0 Å². The molecule has 1 heterocycles. The molecule has 0 saturated heterocycles. The molecule has 0 unspecified atom stereocenters. The highest BCUT2D eigenvalue weighted by molar-refractivity contribution is 6.03. The molecule has 3 rings (SSSR count). The fraction of sp³-hybridized carbons (Fsp3) is 0.190. The van der Waals surface area contributed by atoms with Crippen molar-refractivity contribution in [2.24, 2.45) is 0 Å². The van der Waals surface area contributed by atoms with Crippen LogP contribution in [-0.2, 0) is 6.54 Å². The molecule has 1 amide bonds. The topological polar surface area (TPSA) is 58.1 Å². The SMILES string of the molecule is CCN(Cc1ccccc1)c1nc(C)cc(C(=O)Nc2cccc(F)c2)n1. The van der Waals surface area contributed by atoms with Gasteiger partial charge < -0.3 is 10.2 Å². The molecule has 1 aromatic heterocycles. The zero-order chi connectivity index (χ0) is 19.2. The van der Waals surface area contributed by atoms with Crippen LogP contribution in [-0.4, -0.2) is 22.4 Å². The number of aryl methyl sites for hydroxylation is 1. The quantitative estimate of drug-likeness (QED) is 0.712. The average Bonchev–Trinajstić information content (AvgIpc) is 2.66. The number of carbonyl (C=O) groups excluding carboxylic acids is 1.